The Morgan fingerprint density at radius 3 is 2.55 bits per heavy atom. The molecule has 0 atom stereocenters. The topological polar surface area (TPSA) is 52.9 Å². The fourth-order valence-electron chi connectivity index (χ4n) is 4.41. The van der Waals surface area contributed by atoms with Gasteiger partial charge in [-0.05, 0) is 54.7 Å². The Balaban J connectivity index is 1.48. The molecule has 0 spiro atoms. The lowest BCUT2D eigenvalue weighted by molar-refractivity contribution is -0.143. The van der Waals surface area contributed by atoms with Crippen LogP contribution in [-0.4, -0.2) is 49.4 Å². The number of rotatable bonds is 8. The number of ether oxygens (including phenoxy) is 3. The van der Waals surface area contributed by atoms with Gasteiger partial charge in [-0.1, -0.05) is 18.2 Å². The summed E-state index contributed by atoms with van der Waals surface area (Å²) < 4.78 is 18.1. The van der Waals surface area contributed by atoms with Crippen molar-refractivity contribution >= 4 is 16.9 Å². The molecule has 0 radical (unpaired) electrons. The molecule has 4 rings (SSSR count). The number of hydrogen-bond donors (Lipinski definition) is 0. The maximum atomic E-state index is 12.0. The van der Waals surface area contributed by atoms with Crippen molar-refractivity contribution < 1.29 is 19.0 Å². The summed E-state index contributed by atoms with van der Waals surface area (Å²) in [5.41, 5.74) is 4.97. The second-order valence-corrected chi connectivity index (χ2v) is 7.86. The van der Waals surface area contributed by atoms with Gasteiger partial charge in [0.25, 0.3) is 0 Å². The summed E-state index contributed by atoms with van der Waals surface area (Å²) in [6.45, 7) is 5.35. The van der Waals surface area contributed by atoms with Crippen molar-refractivity contribution in [2.45, 2.75) is 32.9 Å². The molecule has 164 valence electrons. The Morgan fingerprint density at radius 1 is 1.06 bits per heavy atom. The zero-order valence-corrected chi connectivity index (χ0v) is 18.5. The molecule has 0 aliphatic carbocycles. The first-order chi connectivity index (χ1) is 15.1. The number of benzene rings is 2. The van der Waals surface area contributed by atoms with Crippen molar-refractivity contribution in [2.75, 3.05) is 33.9 Å². The zero-order valence-electron chi connectivity index (χ0n) is 18.5. The molecule has 6 heteroatoms. The maximum Gasteiger partial charge on any atom is 0.325 e. The second kappa shape index (κ2) is 9.43. The van der Waals surface area contributed by atoms with Gasteiger partial charge in [-0.15, -0.1) is 0 Å². The largest absolute Gasteiger partial charge is 0.493 e. The summed E-state index contributed by atoms with van der Waals surface area (Å²) in [6, 6.07) is 12.5. The fourth-order valence-corrected chi connectivity index (χ4v) is 4.41. The molecule has 2 aromatic carbocycles. The Labute approximate surface area is 183 Å². The third kappa shape index (κ3) is 4.54. The Hall–Kier alpha value is -2.99. The molecule has 0 saturated heterocycles. The minimum Gasteiger partial charge on any atom is -0.493 e. The van der Waals surface area contributed by atoms with Crippen molar-refractivity contribution in [2.24, 2.45) is 0 Å². The Morgan fingerprint density at radius 2 is 1.81 bits per heavy atom. The van der Waals surface area contributed by atoms with Crippen LogP contribution in [0.15, 0.2) is 42.6 Å². The van der Waals surface area contributed by atoms with Gasteiger partial charge in [-0.3, -0.25) is 9.69 Å². The van der Waals surface area contributed by atoms with E-state index >= 15 is 0 Å². The van der Waals surface area contributed by atoms with E-state index in [9.17, 15) is 4.79 Å². The van der Waals surface area contributed by atoms with Crippen LogP contribution in [0.2, 0.25) is 0 Å². The lowest BCUT2D eigenvalue weighted by Gasteiger charge is -2.29. The standard InChI is InChI=1S/C25H30N2O4/c1-4-31-25(28)17-27-16-19(21-7-5-6-8-22(21)27)10-12-26-11-9-18-13-23(29-2)24(30-3)14-20(18)15-26/h5-8,13-14,16H,4,9-12,15,17H2,1-3H3. The summed E-state index contributed by atoms with van der Waals surface area (Å²) in [6.07, 6.45) is 4.03. The summed E-state index contributed by atoms with van der Waals surface area (Å²) >= 11 is 0. The third-order valence-electron chi connectivity index (χ3n) is 5.97. The number of para-hydroxylation sites is 1. The van der Waals surface area contributed by atoms with Crippen molar-refractivity contribution in [1.29, 1.82) is 0 Å². The van der Waals surface area contributed by atoms with Crippen LogP contribution >= 0.6 is 0 Å². The molecule has 6 nitrogen and oxygen atoms in total. The second-order valence-electron chi connectivity index (χ2n) is 7.86. The van der Waals surface area contributed by atoms with E-state index in [0.29, 0.717) is 6.61 Å². The van der Waals surface area contributed by atoms with E-state index in [4.69, 9.17) is 14.2 Å². The van der Waals surface area contributed by atoms with Gasteiger partial charge in [0.15, 0.2) is 11.5 Å². The lowest BCUT2D eigenvalue weighted by Crippen LogP contribution is -2.32. The quantitative estimate of drug-likeness (QED) is 0.517. The van der Waals surface area contributed by atoms with Crippen LogP contribution in [0.4, 0.5) is 0 Å². The van der Waals surface area contributed by atoms with Crippen molar-refractivity contribution in [1.82, 2.24) is 9.47 Å². The average Bonchev–Trinajstić information content (AvgIpc) is 3.14. The molecule has 0 bridgehead atoms. The first-order valence-corrected chi connectivity index (χ1v) is 10.8. The molecule has 2 heterocycles. The van der Waals surface area contributed by atoms with E-state index in [1.807, 2.05) is 17.6 Å². The van der Waals surface area contributed by atoms with Gasteiger partial charge < -0.3 is 18.8 Å². The first kappa shape index (κ1) is 21.2. The minimum atomic E-state index is -0.202. The van der Waals surface area contributed by atoms with Gasteiger partial charge in [-0.25, -0.2) is 0 Å². The summed E-state index contributed by atoms with van der Waals surface area (Å²) in [5.74, 6) is 1.38. The molecule has 3 aromatic rings. The molecule has 0 unspecified atom stereocenters. The minimum absolute atomic E-state index is 0.202. The van der Waals surface area contributed by atoms with E-state index in [0.717, 1.165) is 49.5 Å². The van der Waals surface area contributed by atoms with Crippen LogP contribution in [0.1, 0.15) is 23.6 Å². The number of nitrogens with zero attached hydrogens (tertiary/aromatic N) is 2. The zero-order chi connectivity index (χ0) is 21.8. The SMILES string of the molecule is CCOC(=O)Cn1cc(CCN2CCc3cc(OC)c(OC)cc3C2)c2ccccc21. The highest BCUT2D eigenvalue weighted by Gasteiger charge is 2.20. The highest BCUT2D eigenvalue weighted by atomic mass is 16.5. The molecular formula is C25H30N2O4. The monoisotopic (exact) mass is 422 g/mol. The van der Waals surface area contributed by atoms with Gasteiger partial charge >= 0.3 is 5.97 Å². The van der Waals surface area contributed by atoms with Gasteiger partial charge in [-0.2, -0.15) is 0 Å². The van der Waals surface area contributed by atoms with E-state index in [-0.39, 0.29) is 12.5 Å². The first-order valence-electron chi connectivity index (χ1n) is 10.8. The Kier molecular flexibility index (Phi) is 6.47. The van der Waals surface area contributed by atoms with Crippen LogP contribution in [0, 0.1) is 0 Å². The van der Waals surface area contributed by atoms with Crippen LogP contribution < -0.4 is 9.47 Å². The van der Waals surface area contributed by atoms with E-state index in [2.05, 4.69) is 41.4 Å². The van der Waals surface area contributed by atoms with Gasteiger partial charge in [0.05, 0.1) is 20.8 Å². The fraction of sp³-hybridized carbons (Fsp3) is 0.400. The molecular weight excluding hydrogens is 392 g/mol. The summed E-state index contributed by atoms with van der Waals surface area (Å²) in [7, 11) is 3.36. The smallest absolute Gasteiger partial charge is 0.325 e. The van der Waals surface area contributed by atoms with Gasteiger partial charge in [0, 0.05) is 36.7 Å². The van der Waals surface area contributed by atoms with Crippen LogP contribution in [-0.2, 0) is 35.5 Å². The number of esters is 1. The molecule has 1 aromatic heterocycles. The maximum absolute atomic E-state index is 12.0. The highest BCUT2D eigenvalue weighted by molar-refractivity contribution is 5.85. The molecule has 0 amide bonds. The van der Waals surface area contributed by atoms with E-state index < -0.39 is 0 Å². The van der Waals surface area contributed by atoms with Crippen molar-refractivity contribution in [3.05, 3.63) is 59.3 Å². The lowest BCUT2D eigenvalue weighted by atomic mass is 9.98. The van der Waals surface area contributed by atoms with E-state index in [1.54, 1.807) is 14.2 Å². The van der Waals surface area contributed by atoms with Crippen LogP contribution in [0.3, 0.4) is 0 Å². The van der Waals surface area contributed by atoms with Gasteiger partial charge in [0.1, 0.15) is 6.54 Å². The molecule has 31 heavy (non-hydrogen) atoms. The molecule has 1 aliphatic heterocycles. The predicted octanol–water partition coefficient (Wildman–Crippen LogP) is 3.82. The number of carbonyl (C=O) groups excluding carboxylic acids is 1. The number of methoxy groups -OCH3 is 2. The third-order valence-corrected chi connectivity index (χ3v) is 5.97. The van der Waals surface area contributed by atoms with Crippen molar-refractivity contribution in [3.8, 4) is 11.5 Å². The predicted molar refractivity (Wildman–Crippen MR) is 121 cm³/mol. The molecule has 0 saturated carbocycles. The number of carbonyl (C=O) groups is 1. The van der Waals surface area contributed by atoms with E-state index in [1.165, 1.54) is 22.1 Å². The molecule has 0 fully saturated rings. The average molecular weight is 423 g/mol. The Bertz CT molecular complexity index is 1070. The number of fused-ring (bicyclic) bond motifs is 2. The summed E-state index contributed by atoms with van der Waals surface area (Å²) in [4.78, 5) is 14.5. The van der Waals surface area contributed by atoms with Crippen molar-refractivity contribution in [3.63, 3.8) is 0 Å². The van der Waals surface area contributed by atoms with Gasteiger partial charge in [0.2, 0.25) is 0 Å². The summed E-state index contributed by atoms with van der Waals surface area (Å²) in [5, 5.41) is 1.20. The molecule has 1 aliphatic rings. The molecule has 0 N–H and O–H groups in total. The normalized spacial score (nSPS) is 13.8. The van der Waals surface area contributed by atoms with Crippen LogP contribution in [0.5, 0.6) is 11.5 Å². The van der Waals surface area contributed by atoms with Crippen LogP contribution in [0.25, 0.3) is 10.9 Å². The number of hydrogen-bond acceptors (Lipinski definition) is 5. The highest BCUT2D eigenvalue weighted by Crippen LogP contribution is 2.33. The number of aromatic nitrogens is 1.